The standard InChI is InChI=1S/C25H27N5O3/c1-16-23(17(2)33-28-16)24(31)27-13-20-9-10-21-15-30(25(32)18-7-5-11-26-12-18)22-8-4-3-6-19(22)14-29(20)21/h3-8,11-12,20-21H,9-10,13-15H2,1-2H3,(H,27,31)/t20-,21+/m1/s1. The number of carbonyl (C=O) groups excluding carboxylic acids is 2. The predicted molar refractivity (Wildman–Crippen MR) is 123 cm³/mol. The number of fused-ring (bicyclic) bond motifs is 2. The molecule has 1 saturated heterocycles. The van der Waals surface area contributed by atoms with Crippen molar-refractivity contribution in [2.45, 2.75) is 45.3 Å². The average molecular weight is 446 g/mol. The van der Waals surface area contributed by atoms with Crippen LogP contribution in [0.5, 0.6) is 0 Å². The number of amides is 2. The topological polar surface area (TPSA) is 91.6 Å². The first-order valence-electron chi connectivity index (χ1n) is 11.3. The van der Waals surface area contributed by atoms with E-state index < -0.39 is 0 Å². The molecule has 33 heavy (non-hydrogen) atoms. The van der Waals surface area contributed by atoms with E-state index in [0.717, 1.165) is 30.6 Å². The van der Waals surface area contributed by atoms with Gasteiger partial charge < -0.3 is 14.7 Å². The monoisotopic (exact) mass is 445 g/mol. The summed E-state index contributed by atoms with van der Waals surface area (Å²) >= 11 is 0. The number of carbonyl (C=O) groups is 2. The molecule has 4 heterocycles. The van der Waals surface area contributed by atoms with E-state index in [2.05, 4.69) is 26.4 Å². The average Bonchev–Trinajstić information content (AvgIpc) is 3.32. The lowest BCUT2D eigenvalue weighted by Crippen LogP contribution is -2.46. The molecular weight excluding hydrogens is 418 g/mol. The first-order valence-corrected chi connectivity index (χ1v) is 11.3. The van der Waals surface area contributed by atoms with E-state index >= 15 is 0 Å². The first-order chi connectivity index (χ1) is 16.0. The summed E-state index contributed by atoms with van der Waals surface area (Å²) in [6, 6.07) is 12.1. The molecule has 0 saturated carbocycles. The van der Waals surface area contributed by atoms with Crippen molar-refractivity contribution in [3.63, 3.8) is 0 Å². The van der Waals surface area contributed by atoms with E-state index in [1.807, 2.05) is 29.2 Å². The third kappa shape index (κ3) is 4.02. The number of aryl methyl sites for hydroxylation is 2. The van der Waals surface area contributed by atoms with E-state index in [9.17, 15) is 9.59 Å². The number of hydrogen-bond donors (Lipinski definition) is 1. The molecule has 8 heteroatoms. The van der Waals surface area contributed by atoms with Gasteiger partial charge in [0, 0.05) is 49.8 Å². The molecule has 3 aromatic rings. The van der Waals surface area contributed by atoms with Gasteiger partial charge in [0.1, 0.15) is 11.3 Å². The molecule has 2 aliphatic heterocycles. The quantitative estimate of drug-likeness (QED) is 0.664. The Morgan fingerprint density at radius 3 is 2.76 bits per heavy atom. The fourth-order valence-electron chi connectivity index (χ4n) is 5.05. The van der Waals surface area contributed by atoms with Gasteiger partial charge >= 0.3 is 0 Å². The Hall–Kier alpha value is -3.52. The van der Waals surface area contributed by atoms with Crippen LogP contribution >= 0.6 is 0 Å². The molecule has 170 valence electrons. The molecule has 2 aliphatic rings. The van der Waals surface area contributed by atoms with Crippen molar-refractivity contribution in [3.8, 4) is 0 Å². The van der Waals surface area contributed by atoms with Crippen LogP contribution in [-0.2, 0) is 6.54 Å². The largest absolute Gasteiger partial charge is 0.361 e. The number of rotatable bonds is 4. The van der Waals surface area contributed by atoms with Gasteiger partial charge in [-0.2, -0.15) is 0 Å². The highest BCUT2D eigenvalue weighted by molar-refractivity contribution is 6.06. The molecule has 2 aromatic heterocycles. The van der Waals surface area contributed by atoms with Crippen molar-refractivity contribution in [2.24, 2.45) is 0 Å². The number of aromatic nitrogens is 2. The van der Waals surface area contributed by atoms with Crippen molar-refractivity contribution in [1.82, 2.24) is 20.4 Å². The lowest BCUT2D eigenvalue weighted by atomic mass is 10.1. The molecule has 0 unspecified atom stereocenters. The Bertz CT molecular complexity index is 1160. The summed E-state index contributed by atoms with van der Waals surface area (Å²) in [6.45, 7) is 5.41. The second kappa shape index (κ2) is 8.78. The minimum absolute atomic E-state index is 0.0347. The maximum Gasteiger partial charge on any atom is 0.259 e. The number of anilines is 1. The molecular formula is C25H27N5O3. The van der Waals surface area contributed by atoms with E-state index in [4.69, 9.17) is 4.52 Å². The van der Waals surface area contributed by atoms with Crippen molar-refractivity contribution in [3.05, 3.63) is 76.9 Å². The zero-order chi connectivity index (χ0) is 22.9. The van der Waals surface area contributed by atoms with Crippen LogP contribution in [0.3, 0.4) is 0 Å². The number of nitrogens with one attached hydrogen (secondary N) is 1. The Morgan fingerprint density at radius 2 is 2.00 bits per heavy atom. The lowest BCUT2D eigenvalue weighted by molar-refractivity contribution is 0.0932. The Labute approximate surface area is 192 Å². The molecule has 5 rings (SSSR count). The van der Waals surface area contributed by atoms with Crippen LogP contribution in [0.25, 0.3) is 0 Å². The zero-order valence-corrected chi connectivity index (χ0v) is 18.8. The Balaban J connectivity index is 1.36. The minimum Gasteiger partial charge on any atom is -0.361 e. The minimum atomic E-state index is -0.154. The van der Waals surface area contributed by atoms with Crippen LogP contribution in [0.4, 0.5) is 5.69 Å². The second-order valence-corrected chi connectivity index (χ2v) is 8.75. The summed E-state index contributed by atoms with van der Waals surface area (Å²) in [5, 5.41) is 6.96. The molecule has 1 aromatic carbocycles. The number of pyridine rings is 1. The fourth-order valence-corrected chi connectivity index (χ4v) is 5.05. The van der Waals surface area contributed by atoms with Gasteiger partial charge in [0.05, 0.1) is 11.3 Å². The van der Waals surface area contributed by atoms with Crippen LogP contribution in [0, 0.1) is 13.8 Å². The van der Waals surface area contributed by atoms with Crippen LogP contribution in [-0.4, -0.2) is 52.0 Å². The predicted octanol–water partition coefficient (Wildman–Crippen LogP) is 3.11. The summed E-state index contributed by atoms with van der Waals surface area (Å²) in [6.07, 6.45) is 5.23. The third-order valence-corrected chi connectivity index (χ3v) is 6.71. The SMILES string of the molecule is Cc1noc(C)c1C(=O)NC[C@H]1CC[C@H]2CN(C(=O)c3cccnc3)c3ccccc3CN12. The van der Waals surface area contributed by atoms with E-state index in [0.29, 0.717) is 35.7 Å². The van der Waals surface area contributed by atoms with Crippen LogP contribution < -0.4 is 10.2 Å². The summed E-state index contributed by atoms with van der Waals surface area (Å²) in [5.41, 5.74) is 3.75. The summed E-state index contributed by atoms with van der Waals surface area (Å²) in [7, 11) is 0. The van der Waals surface area contributed by atoms with Gasteiger partial charge in [0.25, 0.3) is 11.8 Å². The summed E-state index contributed by atoms with van der Waals surface area (Å²) in [4.78, 5) is 34.6. The molecule has 1 N–H and O–H groups in total. The van der Waals surface area contributed by atoms with Gasteiger partial charge in [-0.3, -0.25) is 19.5 Å². The highest BCUT2D eigenvalue weighted by Crippen LogP contribution is 2.35. The maximum atomic E-state index is 13.4. The van der Waals surface area contributed by atoms with E-state index in [1.54, 1.807) is 32.3 Å². The first kappa shape index (κ1) is 21.3. The normalized spacial score (nSPS) is 20.1. The molecule has 2 atom stereocenters. The summed E-state index contributed by atoms with van der Waals surface area (Å²) < 4.78 is 5.14. The van der Waals surface area contributed by atoms with Crippen molar-refractivity contribution < 1.29 is 14.1 Å². The van der Waals surface area contributed by atoms with Crippen molar-refractivity contribution >= 4 is 17.5 Å². The number of hydrogen-bond acceptors (Lipinski definition) is 6. The smallest absolute Gasteiger partial charge is 0.259 e. The molecule has 0 spiro atoms. The molecule has 0 aliphatic carbocycles. The lowest BCUT2D eigenvalue weighted by Gasteiger charge is -2.29. The van der Waals surface area contributed by atoms with Crippen molar-refractivity contribution in [2.75, 3.05) is 18.0 Å². The van der Waals surface area contributed by atoms with Gasteiger partial charge in [-0.15, -0.1) is 0 Å². The number of nitrogens with zero attached hydrogens (tertiary/aromatic N) is 4. The van der Waals surface area contributed by atoms with Crippen LogP contribution in [0.2, 0.25) is 0 Å². The van der Waals surface area contributed by atoms with Gasteiger partial charge in [0.2, 0.25) is 0 Å². The van der Waals surface area contributed by atoms with E-state index in [-0.39, 0.29) is 23.9 Å². The molecule has 2 amide bonds. The highest BCUT2D eigenvalue weighted by Gasteiger charge is 2.39. The highest BCUT2D eigenvalue weighted by atomic mass is 16.5. The Kier molecular flexibility index (Phi) is 5.68. The Morgan fingerprint density at radius 1 is 1.15 bits per heavy atom. The molecule has 1 fully saturated rings. The summed E-state index contributed by atoms with van der Waals surface area (Å²) in [5.74, 6) is 0.341. The number of para-hydroxylation sites is 1. The molecule has 0 bridgehead atoms. The van der Waals surface area contributed by atoms with Gasteiger partial charge in [-0.25, -0.2) is 0 Å². The van der Waals surface area contributed by atoms with E-state index in [1.165, 1.54) is 0 Å². The maximum absolute atomic E-state index is 13.4. The fraction of sp³-hybridized carbons (Fsp3) is 0.360. The van der Waals surface area contributed by atoms with Gasteiger partial charge in [-0.05, 0) is 50.5 Å². The van der Waals surface area contributed by atoms with Crippen LogP contribution in [0.15, 0.2) is 53.3 Å². The molecule has 0 radical (unpaired) electrons. The van der Waals surface area contributed by atoms with Gasteiger partial charge in [-0.1, -0.05) is 23.4 Å². The number of benzene rings is 1. The van der Waals surface area contributed by atoms with Crippen molar-refractivity contribution in [1.29, 1.82) is 0 Å². The van der Waals surface area contributed by atoms with Gasteiger partial charge in [0.15, 0.2) is 0 Å². The third-order valence-electron chi connectivity index (χ3n) is 6.71. The second-order valence-electron chi connectivity index (χ2n) is 8.75. The zero-order valence-electron chi connectivity index (χ0n) is 18.8. The molecule has 8 nitrogen and oxygen atoms in total. The van der Waals surface area contributed by atoms with Crippen LogP contribution in [0.1, 0.15) is 50.6 Å².